The van der Waals surface area contributed by atoms with Gasteiger partial charge in [-0.3, -0.25) is 0 Å². The molecule has 1 aromatic heterocycles. The lowest BCUT2D eigenvalue weighted by atomic mass is 10.1. The lowest BCUT2D eigenvalue weighted by molar-refractivity contribution is 0.396. The third-order valence-electron chi connectivity index (χ3n) is 3.04. The Morgan fingerprint density at radius 3 is 2.68 bits per heavy atom. The average molecular weight is 277 g/mol. The average Bonchev–Trinajstić information content (AvgIpc) is 2.76. The first-order chi connectivity index (χ1) is 9.06. The van der Waals surface area contributed by atoms with Gasteiger partial charge in [-0.15, -0.1) is 11.3 Å². The molecular weight excluding hydrogens is 258 g/mol. The molecule has 0 saturated heterocycles. The summed E-state index contributed by atoms with van der Waals surface area (Å²) in [4.78, 5) is 2.69. The molecule has 2 aromatic rings. The lowest BCUT2D eigenvalue weighted by Crippen LogP contribution is -2.27. The summed E-state index contributed by atoms with van der Waals surface area (Å²) >= 11 is 1.81. The molecule has 0 aliphatic heterocycles. The minimum atomic E-state index is -0.0687. The number of benzene rings is 1. The molecule has 0 spiro atoms. The number of rotatable bonds is 5. The van der Waals surface area contributed by atoms with Gasteiger partial charge in [0.05, 0.1) is 0 Å². The van der Waals surface area contributed by atoms with Crippen molar-refractivity contribution in [3.8, 4) is 11.5 Å². The Balaban J connectivity index is 1.89. The predicted octanol–water partition coefficient (Wildman–Crippen LogP) is 3.19. The highest BCUT2D eigenvalue weighted by Crippen LogP contribution is 2.28. The van der Waals surface area contributed by atoms with Crippen LogP contribution in [0.1, 0.15) is 22.2 Å². The third-order valence-corrected chi connectivity index (χ3v) is 4.07. The summed E-state index contributed by atoms with van der Waals surface area (Å²) in [7, 11) is 0. The summed E-state index contributed by atoms with van der Waals surface area (Å²) in [5.41, 5.74) is 0.717. The first-order valence-corrected chi connectivity index (χ1v) is 7.16. The normalized spacial score (nSPS) is 12.5. The summed E-state index contributed by atoms with van der Waals surface area (Å²) in [6, 6.07) is 9.64. The van der Waals surface area contributed by atoms with Gasteiger partial charge in [0.15, 0.2) is 11.5 Å². The van der Waals surface area contributed by atoms with Gasteiger partial charge in [-0.05, 0) is 38.5 Å². The molecule has 3 nitrogen and oxygen atoms in total. The second kappa shape index (κ2) is 6.08. The fraction of sp³-hybridized carbons (Fsp3) is 0.333. The number of hydrogen-bond donors (Lipinski definition) is 3. The van der Waals surface area contributed by atoms with Gasteiger partial charge in [-0.2, -0.15) is 0 Å². The van der Waals surface area contributed by atoms with Crippen molar-refractivity contribution in [2.75, 3.05) is 0 Å². The van der Waals surface area contributed by atoms with Crippen LogP contribution in [0.15, 0.2) is 30.3 Å². The Morgan fingerprint density at radius 2 is 2.00 bits per heavy atom. The zero-order valence-corrected chi connectivity index (χ0v) is 12.0. The van der Waals surface area contributed by atoms with Crippen LogP contribution in [0.3, 0.4) is 0 Å². The van der Waals surface area contributed by atoms with Crippen LogP contribution in [-0.4, -0.2) is 16.3 Å². The van der Waals surface area contributed by atoms with Crippen LogP contribution in [0.4, 0.5) is 0 Å². The van der Waals surface area contributed by atoms with Gasteiger partial charge in [0.2, 0.25) is 0 Å². The van der Waals surface area contributed by atoms with Crippen LogP contribution in [0.2, 0.25) is 0 Å². The van der Waals surface area contributed by atoms with E-state index >= 15 is 0 Å². The number of para-hydroxylation sites is 1. The van der Waals surface area contributed by atoms with Crippen LogP contribution in [0.5, 0.6) is 11.5 Å². The van der Waals surface area contributed by atoms with E-state index in [2.05, 4.69) is 31.3 Å². The third kappa shape index (κ3) is 3.72. The van der Waals surface area contributed by atoms with Gasteiger partial charge in [-0.1, -0.05) is 12.1 Å². The number of thiophene rings is 1. The van der Waals surface area contributed by atoms with Gasteiger partial charge in [0.1, 0.15) is 0 Å². The molecule has 19 heavy (non-hydrogen) atoms. The van der Waals surface area contributed by atoms with E-state index in [1.165, 1.54) is 15.8 Å². The summed E-state index contributed by atoms with van der Waals surface area (Å²) < 4.78 is 0. The molecule has 4 heteroatoms. The highest BCUT2D eigenvalue weighted by atomic mass is 32.1. The molecule has 1 unspecified atom stereocenters. The second-order valence-corrected chi connectivity index (χ2v) is 6.16. The van der Waals surface area contributed by atoms with Crippen LogP contribution in [-0.2, 0) is 13.0 Å². The molecule has 1 heterocycles. The molecule has 102 valence electrons. The molecule has 1 atom stereocenters. The Hall–Kier alpha value is -1.52. The lowest BCUT2D eigenvalue weighted by Gasteiger charge is -2.14. The van der Waals surface area contributed by atoms with Crippen LogP contribution < -0.4 is 5.32 Å². The quantitative estimate of drug-likeness (QED) is 0.736. The topological polar surface area (TPSA) is 52.5 Å². The Kier molecular flexibility index (Phi) is 4.45. The van der Waals surface area contributed by atoms with Crippen molar-refractivity contribution in [2.24, 2.45) is 0 Å². The van der Waals surface area contributed by atoms with E-state index in [0.717, 1.165) is 6.42 Å². The molecule has 0 aliphatic rings. The number of aromatic hydroxyl groups is 2. The first-order valence-electron chi connectivity index (χ1n) is 6.35. The zero-order chi connectivity index (χ0) is 13.8. The van der Waals surface area contributed by atoms with Gasteiger partial charge >= 0.3 is 0 Å². The van der Waals surface area contributed by atoms with Crippen molar-refractivity contribution in [1.29, 1.82) is 0 Å². The number of aryl methyl sites for hydroxylation is 1. The fourth-order valence-electron chi connectivity index (χ4n) is 1.97. The van der Waals surface area contributed by atoms with E-state index in [4.69, 9.17) is 0 Å². The van der Waals surface area contributed by atoms with Crippen molar-refractivity contribution >= 4 is 11.3 Å². The summed E-state index contributed by atoms with van der Waals surface area (Å²) in [6.07, 6.45) is 0.970. The molecule has 0 fully saturated rings. The van der Waals surface area contributed by atoms with Crippen LogP contribution in [0.25, 0.3) is 0 Å². The minimum Gasteiger partial charge on any atom is -0.504 e. The molecule has 0 aliphatic carbocycles. The van der Waals surface area contributed by atoms with Gasteiger partial charge in [0.25, 0.3) is 0 Å². The predicted molar refractivity (Wildman–Crippen MR) is 78.8 cm³/mol. The van der Waals surface area contributed by atoms with E-state index in [0.29, 0.717) is 18.2 Å². The SMILES string of the molecule is Cc1ccc(CC(C)NCc2cccc(O)c2O)s1. The van der Waals surface area contributed by atoms with Crippen LogP contribution in [0, 0.1) is 6.92 Å². The molecule has 0 bridgehead atoms. The molecular formula is C15H19NO2S. The maximum absolute atomic E-state index is 9.72. The van der Waals surface area contributed by atoms with E-state index in [1.807, 2.05) is 17.4 Å². The van der Waals surface area contributed by atoms with Crippen molar-refractivity contribution in [3.05, 3.63) is 45.6 Å². The molecule has 0 amide bonds. The van der Waals surface area contributed by atoms with Crippen molar-refractivity contribution in [1.82, 2.24) is 5.32 Å². The van der Waals surface area contributed by atoms with Gasteiger partial charge < -0.3 is 15.5 Å². The smallest absolute Gasteiger partial charge is 0.161 e. The van der Waals surface area contributed by atoms with E-state index in [1.54, 1.807) is 6.07 Å². The summed E-state index contributed by atoms with van der Waals surface area (Å²) in [5.74, 6) is -0.102. The monoisotopic (exact) mass is 277 g/mol. The van der Waals surface area contributed by atoms with E-state index in [-0.39, 0.29) is 11.5 Å². The molecule has 3 N–H and O–H groups in total. The largest absolute Gasteiger partial charge is 0.504 e. The Bertz CT molecular complexity index is 551. The van der Waals surface area contributed by atoms with Gasteiger partial charge in [0, 0.05) is 27.9 Å². The first kappa shape index (κ1) is 13.9. The summed E-state index contributed by atoms with van der Waals surface area (Å²) in [5, 5.41) is 22.5. The maximum Gasteiger partial charge on any atom is 0.161 e. The Labute approximate surface area is 117 Å². The molecule has 1 aromatic carbocycles. The standard InChI is InChI=1S/C15H19NO2S/c1-10(8-13-7-6-11(2)19-13)16-9-12-4-3-5-14(17)15(12)18/h3-7,10,16-18H,8-9H2,1-2H3. The number of hydrogen-bond acceptors (Lipinski definition) is 4. The van der Waals surface area contributed by atoms with E-state index < -0.39 is 0 Å². The number of phenols is 2. The Morgan fingerprint density at radius 1 is 1.21 bits per heavy atom. The van der Waals surface area contributed by atoms with Crippen molar-refractivity contribution in [3.63, 3.8) is 0 Å². The number of phenolic OH excluding ortho intramolecular Hbond substituents is 2. The highest BCUT2D eigenvalue weighted by molar-refractivity contribution is 7.11. The van der Waals surface area contributed by atoms with Crippen molar-refractivity contribution in [2.45, 2.75) is 32.9 Å². The highest BCUT2D eigenvalue weighted by Gasteiger charge is 2.08. The van der Waals surface area contributed by atoms with Gasteiger partial charge in [-0.25, -0.2) is 0 Å². The van der Waals surface area contributed by atoms with E-state index in [9.17, 15) is 10.2 Å². The fourth-order valence-corrected chi connectivity index (χ4v) is 2.99. The molecule has 0 radical (unpaired) electrons. The summed E-state index contributed by atoms with van der Waals surface area (Å²) in [6.45, 7) is 4.78. The minimum absolute atomic E-state index is 0.0332. The maximum atomic E-state index is 9.72. The number of nitrogens with one attached hydrogen (secondary N) is 1. The van der Waals surface area contributed by atoms with Crippen molar-refractivity contribution < 1.29 is 10.2 Å². The zero-order valence-electron chi connectivity index (χ0n) is 11.2. The second-order valence-electron chi connectivity index (χ2n) is 4.78. The van der Waals surface area contributed by atoms with Crippen LogP contribution >= 0.6 is 11.3 Å². The molecule has 0 saturated carbocycles. The molecule has 2 rings (SSSR count).